The zero-order valence-corrected chi connectivity index (χ0v) is 8.07. The SMILES string of the molecule is Nc1cccc(F)c1NC(=O)c1cn[nH]n1. The van der Waals surface area contributed by atoms with Gasteiger partial charge in [0.05, 0.1) is 11.9 Å². The molecule has 7 heteroatoms. The molecule has 16 heavy (non-hydrogen) atoms. The average Bonchev–Trinajstić information content (AvgIpc) is 2.76. The second-order valence-electron chi connectivity index (χ2n) is 3.01. The van der Waals surface area contributed by atoms with Crippen LogP contribution in [0.25, 0.3) is 0 Å². The number of nitrogens with one attached hydrogen (secondary N) is 2. The highest BCUT2D eigenvalue weighted by atomic mass is 19.1. The summed E-state index contributed by atoms with van der Waals surface area (Å²) in [5.41, 5.74) is 5.67. The van der Waals surface area contributed by atoms with Gasteiger partial charge >= 0.3 is 0 Å². The van der Waals surface area contributed by atoms with Crippen LogP contribution in [0.1, 0.15) is 10.5 Å². The Hall–Kier alpha value is -2.44. The van der Waals surface area contributed by atoms with E-state index in [-0.39, 0.29) is 17.1 Å². The molecule has 1 heterocycles. The molecule has 0 unspecified atom stereocenters. The van der Waals surface area contributed by atoms with Crippen LogP contribution in [0.15, 0.2) is 24.4 Å². The molecule has 0 spiro atoms. The minimum absolute atomic E-state index is 0.0580. The van der Waals surface area contributed by atoms with Crippen LogP contribution in [0.3, 0.4) is 0 Å². The number of nitrogen functional groups attached to an aromatic ring is 1. The highest BCUT2D eigenvalue weighted by molar-refractivity contribution is 6.04. The van der Waals surface area contributed by atoms with Gasteiger partial charge in [0.1, 0.15) is 11.5 Å². The summed E-state index contributed by atoms with van der Waals surface area (Å²) in [4.78, 5) is 11.5. The fraction of sp³-hybridized carbons (Fsp3) is 0. The van der Waals surface area contributed by atoms with Crippen LogP contribution in [0.5, 0.6) is 0 Å². The van der Waals surface area contributed by atoms with Crippen molar-refractivity contribution in [3.8, 4) is 0 Å². The highest BCUT2D eigenvalue weighted by Crippen LogP contribution is 2.21. The Bertz CT molecular complexity index is 490. The van der Waals surface area contributed by atoms with E-state index in [9.17, 15) is 9.18 Å². The smallest absolute Gasteiger partial charge is 0.277 e. The van der Waals surface area contributed by atoms with Gasteiger partial charge in [0.25, 0.3) is 5.91 Å². The van der Waals surface area contributed by atoms with E-state index < -0.39 is 11.7 Å². The Morgan fingerprint density at radius 3 is 2.94 bits per heavy atom. The number of carbonyl (C=O) groups excluding carboxylic acids is 1. The summed E-state index contributed by atoms with van der Waals surface area (Å²) in [7, 11) is 0. The summed E-state index contributed by atoms with van der Waals surface area (Å²) in [5, 5.41) is 11.6. The van der Waals surface area contributed by atoms with Gasteiger partial charge in [0, 0.05) is 0 Å². The lowest BCUT2D eigenvalue weighted by atomic mass is 10.2. The maximum absolute atomic E-state index is 13.3. The van der Waals surface area contributed by atoms with Crippen molar-refractivity contribution in [1.82, 2.24) is 15.4 Å². The third-order valence-corrected chi connectivity index (χ3v) is 1.93. The van der Waals surface area contributed by atoms with Crippen LogP contribution >= 0.6 is 0 Å². The maximum Gasteiger partial charge on any atom is 0.277 e. The standard InChI is InChI=1S/C9H8FN5O/c10-5-2-1-3-6(11)8(5)13-9(16)7-4-12-15-14-7/h1-4H,11H2,(H,13,16)(H,12,14,15). The maximum atomic E-state index is 13.3. The van der Waals surface area contributed by atoms with E-state index >= 15 is 0 Å². The number of aromatic amines is 1. The molecule has 0 radical (unpaired) electrons. The first kappa shape index (κ1) is 10.1. The molecule has 0 aliphatic heterocycles. The second-order valence-corrected chi connectivity index (χ2v) is 3.01. The minimum atomic E-state index is -0.600. The van der Waals surface area contributed by atoms with Crippen LogP contribution in [-0.4, -0.2) is 21.3 Å². The monoisotopic (exact) mass is 221 g/mol. The molecule has 1 aromatic heterocycles. The predicted molar refractivity (Wildman–Crippen MR) is 55.1 cm³/mol. The van der Waals surface area contributed by atoms with Gasteiger partial charge in [-0.1, -0.05) is 6.07 Å². The first-order chi connectivity index (χ1) is 7.68. The molecule has 6 nitrogen and oxygen atoms in total. The number of nitrogens with two attached hydrogens (primary N) is 1. The summed E-state index contributed by atoms with van der Waals surface area (Å²) < 4.78 is 13.3. The first-order valence-corrected chi connectivity index (χ1v) is 4.39. The van der Waals surface area contributed by atoms with Crippen LogP contribution in [-0.2, 0) is 0 Å². The number of hydrogen-bond acceptors (Lipinski definition) is 4. The van der Waals surface area contributed by atoms with Crippen LogP contribution in [0.4, 0.5) is 15.8 Å². The molecule has 2 aromatic rings. The van der Waals surface area contributed by atoms with E-state index in [0.29, 0.717) is 0 Å². The summed E-state index contributed by atoms with van der Waals surface area (Å²) in [6.07, 6.45) is 1.23. The molecule has 0 saturated carbocycles. The fourth-order valence-corrected chi connectivity index (χ4v) is 1.16. The molecule has 0 atom stereocenters. The van der Waals surface area contributed by atoms with E-state index in [1.165, 1.54) is 24.4 Å². The number of H-pyrrole nitrogens is 1. The van der Waals surface area contributed by atoms with Crippen LogP contribution < -0.4 is 11.1 Å². The molecular weight excluding hydrogens is 213 g/mol. The van der Waals surface area contributed by atoms with Crippen molar-refractivity contribution in [3.63, 3.8) is 0 Å². The van der Waals surface area contributed by atoms with E-state index in [4.69, 9.17) is 5.73 Å². The normalized spacial score (nSPS) is 10.1. The van der Waals surface area contributed by atoms with E-state index in [1.54, 1.807) is 0 Å². The molecule has 0 aliphatic rings. The van der Waals surface area contributed by atoms with E-state index in [2.05, 4.69) is 20.7 Å². The van der Waals surface area contributed by atoms with Crippen molar-refractivity contribution in [1.29, 1.82) is 0 Å². The molecule has 0 fully saturated rings. The molecule has 0 bridgehead atoms. The number of hydrogen-bond donors (Lipinski definition) is 3. The Kier molecular flexibility index (Phi) is 2.50. The van der Waals surface area contributed by atoms with Crippen LogP contribution in [0, 0.1) is 5.82 Å². The van der Waals surface area contributed by atoms with Gasteiger partial charge in [-0.25, -0.2) is 4.39 Å². The van der Waals surface area contributed by atoms with Crippen molar-refractivity contribution >= 4 is 17.3 Å². The number of rotatable bonds is 2. The summed E-state index contributed by atoms with van der Waals surface area (Å²) in [6.45, 7) is 0. The lowest BCUT2D eigenvalue weighted by molar-refractivity contribution is 0.102. The molecule has 1 aromatic carbocycles. The minimum Gasteiger partial charge on any atom is -0.397 e. The highest BCUT2D eigenvalue weighted by Gasteiger charge is 2.13. The zero-order chi connectivity index (χ0) is 11.5. The number of para-hydroxylation sites is 1. The second kappa shape index (κ2) is 3.97. The predicted octanol–water partition coefficient (Wildman–Crippen LogP) is 0.778. The number of benzene rings is 1. The third kappa shape index (κ3) is 1.83. The third-order valence-electron chi connectivity index (χ3n) is 1.93. The van der Waals surface area contributed by atoms with Crippen molar-refractivity contribution in [2.24, 2.45) is 0 Å². The number of halogens is 1. The molecular formula is C9H8FN5O. The Morgan fingerprint density at radius 2 is 2.31 bits per heavy atom. The molecule has 82 valence electrons. The van der Waals surface area contributed by atoms with Gasteiger partial charge in [0.2, 0.25) is 0 Å². The molecule has 4 N–H and O–H groups in total. The average molecular weight is 221 g/mol. The molecule has 0 aliphatic carbocycles. The van der Waals surface area contributed by atoms with Gasteiger partial charge in [0.15, 0.2) is 5.69 Å². The van der Waals surface area contributed by atoms with E-state index in [0.717, 1.165) is 0 Å². The largest absolute Gasteiger partial charge is 0.397 e. The van der Waals surface area contributed by atoms with Crippen molar-refractivity contribution in [3.05, 3.63) is 35.9 Å². The van der Waals surface area contributed by atoms with Gasteiger partial charge in [-0.2, -0.15) is 15.4 Å². The molecule has 0 saturated heterocycles. The van der Waals surface area contributed by atoms with Gasteiger partial charge in [-0.05, 0) is 12.1 Å². The van der Waals surface area contributed by atoms with Crippen molar-refractivity contribution in [2.75, 3.05) is 11.1 Å². The van der Waals surface area contributed by atoms with Gasteiger partial charge < -0.3 is 11.1 Å². The quantitative estimate of drug-likeness (QED) is 0.653. The lowest BCUT2D eigenvalue weighted by Crippen LogP contribution is -2.14. The number of amides is 1. The zero-order valence-electron chi connectivity index (χ0n) is 8.07. The number of anilines is 2. The Labute approximate surface area is 89.7 Å². The molecule has 2 rings (SSSR count). The number of aromatic nitrogens is 3. The summed E-state index contributed by atoms with van der Waals surface area (Å²) in [5.74, 6) is -1.18. The summed E-state index contributed by atoms with van der Waals surface area (Å²) >= 11 is 0. The lowest BCUT2D eigenvalue weighted by Gasteiger charge is -2.07. The van der Waals surface area contributed by atoms with Crippen LogP contribution in [0.2, 0.25) is 0 Å². The first-order valence-electron chi connectivity index (χ1n) is 4.39. The number of nitrogens with zero attached hydrogens (tertiary/aromatic N) is 2. The van der Waals surface area contributed by atoms with Crippen molar-refractivity contribution in [2.45, 2.75) is 0 Å². The van der Waals surface area contributed by atoms with Crippen molar-refractivity contribution < 1.29 is 9.18 Å². The summed E-state index contributed by atoms with van der Waals surface area (Å²) in [6, 6.07) is 4.15. The topological polar surface area (TPSA) is 96.7 Å². The molecule has 1 amide bonds. The van der Waals surface area contributed by atoms with Gasteiger partial charge in [-0.15, -0.1) is 0 Å². The van der Waals surface area contributed by atoms with E-state index in [1.807, 2.05) is 0 Å². The Balaban J connectivity index is 2.25. The fourth-order valence-electron chi connectivity index (χ4n) is 1.16. The van der Waals surface area contributed by atoms with Gasteiger partial charge in [-0.3, -0.25) is 4.79 Å². The Morgan fingerprint density at radius 1 is 1.50 bits per heavy atom. The number of carbonyl (C=O) groups is 1.